The van der Waals surface area contributed by atoms with Crippen LogP contribution >= 0.6 is 0 Å². The van der Waals surface area contributed by atoms with Crippen molar-refractivity contribution in [2.24, 2.45) is 0 Å². The molecule has 1 fully saturated rings. The van der Waals surface area contributed by atoms with Crippen molar-refractivity contribution >= 4 is 0 Å². The maximum absolute atomic E-state index is 13.1. The van der Waals surface area contributed by atoms with Crippen LogP contribution in [-0.2, 0) is 0 Å². The Hall–Kier alpha value is -0.190. The van der Waals surface area contributed by atoms with Crippen molar-refractivity contribution in [3.63, 3.8) is 0 Å². The fourth-order valence-corrected chi connectivity index (χ4v) is 1.63. The third-order valence-corrected chi connectivity index (χ3v) is 2.24. The molecule has 0 aromatic carbocycles. The summed E-state index contributed by atoms with van der Waals surface area (Å²) in [7, 11) is 3.80. The third-order valence-electron chi connectivity index (χ3n) is 2.24. The molecule has 1 saturated heterocycles. The molecule has 72 valence electrons. The molecule has 0 amide bonds. The van der Waals surface area contributed by atoms with Crippen LogP contribution in [0.5, 0.6) is 0 Å². The van der Waals surface area contributed by atoms with Gasteiger partial charge in [-0.1, -0.05) is 0 Å². The zero-order valence-electron chi connectivity index (χ0n) is 8.02. The van der Waals surface area contributed by atoms with E-state index in [4.69, 9.17) is 0 Å². The maximum atomic E-state index is 13.1. The highest BCUT2D eigenvalue weighted by Gasteiger charge is 2.41. The van der Waals surface area contributed by atoms with Gasteiger partial charge in [0.1, 0.15) is 5.67 Å². The van der Waals surface area contributed by atoms with Gasteiger partial charge in [0.15, 0.2) is 0 Å². The maximum Gasteiger partial charge on any atom is 0.133 e. The number of hydrogen-bond acceptors (Lipinski definition) is 3. The average molecular weight is 175 g/mol. The zero-order valence-corrected chi connectivity index (χ0v) is 8.02. The van der Waals surface area contributed by atoms with Crippen LogP contribution in [0.2, 0.25) is 0 Å². The Morgan fingerprint density at radius 1 is 1.50 bits per heavy atom. The molecule has 0 spiro atoms. The van der Waals surface area contributed by atoms with E-state index in [0.717, 1.165) is 6.54 Å². The van der Waals surface area contributed by atoms with Crippen molar-refractivity contribution < 1.29 is 4.39 Å². The second kappa shape index (κ2) is 3.68. The molecule has 3 nitrogen and oxygen atoms in total. The molecule has 1 heterocycles. The molecule has 0 saturated carbocycles. The number of likely N-dealkylation sites (N-methyl/N-ethyl adjacent to an activating group) is 2. The lowest BCUT2D eigenvalue weighted by Crippen LogP contribution is -2.65. The van der Waals surface area contributed by atoms with Crippen molar-refractivity contribution in [1.82, 2.24) is 15.5 Å². The number of rotatable bonds is 4. The molecule has 0 radical (unpaired) electrons. The summed E-state index contributed by atoms with van der Waals surface area (Å²) in [6.45, 7) is 3.59. The van der Waals surface area contributed by atoms with Crippen LogP contribution in [0.3, 0.4) is 0 Å². The highest BCUT2D eigenvalue weighted by molar-refractivity contribution is 4.94. The molecule has 1 aliphatic heterocycles. The van der Waals surface area contributed by atoms with Gasteiger partial charge in [-0.3, -0.25) is 4.90 Å². The number of likely N-dealkylation sites (tertiary alicyclic amines) is 1. The average Bonchev–Trinajstić information content (AvgIpc) is 1.95. The first-order valence-electron chi connectivity index (χ1n) is 4.34. The molecular weight excluding hydrogens is 157 g/mol. The lowest BCUT2D eigenvalue weighted by molar-refractivity contribution is -0.0500. The number of alkyl halides is 1. The van der Waals surface area contributed by atoms with E-state index < -0.39 is 5.67 Å². The molecule has 4 heteroatoms. The summed E-state index contributed by atoms with van der Waals surface area (Å²) < 4.78 is 13.1. The first-order valence-corrected chi connectivity index (χ1v) is 4.34. The summed E-state index contributed by atoms with van der Waals surface area (Å²) in [5.74, 6) is 0. The predicted octanol–water partition coefficient (Wildman–Crippen LogP) is -0.205. The third kappa shape index (κ3) is 2.15. The summed E-state index contributed by atoms with van der Waals surface area (Å²) in [5, 5.41) is 6.21. The summed E-state index contributed by atoms with van der Waals surface area (Å²) in [5.41, 5.74) is -0.969. The van der Waals surface area contributed by atoms with Gasteiger partial charge in [-0.15, -0.1) is 0 Å². The molecular formula is C8H18FN3. The van der Waals surface area contributed by atoms with Gasteiger partial charge >= 0.3 is 0 Å². The molecule has 1 atom stereocenters. The Balaban J connectivity index is 2.29. The number of nitrogens with zero attached hydrogens (tertiary/aromatic N) is 1. The van der Waals surface area contributed by atoms with Crippen LogP contribution in [-0.4, -0.2) is 50.5 Å². The fourth-order valence-electron chi connectivity index (χ4n) is 1.63. The van der Waals surface area contributed by atoms with Gasteiger partial charge in [0.05, 0.1) is 6.17 Å². The van der Waals surface area contributed by atoms with Gasteiger partial charge in [0, 0.05) is 19.6 Å². The molecule has 12 heavy (non-hydrogen) atoms. The quantitative estimate of drug-likeness (QED) is 0.619. The normalized spacial score (nSPS) is 25.0. The Morgan fingerprint density at radius 2 is 2.08 bits per heavy atom. The summed E-state index contributed by atoms with van der Waals surface area (Å²) in [4.78, 5) is 2.09. The van der Waals surface area contributed by atoms with E-state index in [-0.39, 0.29) is 6.17 Å². The summed E-state index contributed by atoms with van der Waals surface area (Å²) >= 11 is 0. The van der Waals surface area contributed by atoms with E-state index >= 15 is 0 Å². The molecule has 2 N–H and O–H groups in total. The summed E-state index contributed by atoms with van der Waals surface area (Å²) in [6, 6.07) is 0. The highest BCUT2D eigenvalue weighted by Crippen LogP contribution is 2.25. The largest absolute Gasteiger partial charge is 0.317 e. The lowest BCUT2D eigenvalue weighted by Gasteiger charge is -2.46. The van der Waals surface area contributed by atoms with Gasteiger partial charge in [-0.05, 0) is 21.0 Å². The van der Waals surface area contributed by atoms with Gasteiger partial charge in [-0.25, -0.2) is 4.39 Å². The summed E-state index contributed by atoms with van der Waals surface area (Å²) in [6.07, 6.45) is 0.263. The number of halogens is 1. The monoisotopic (exact) mass is 175 g/mol. The van der Waals surface area contributed by atoms with E-state index in [2.05, 4.69) is 15.5 Å². The van der Waals surface area contributed by atoms with Crippen LogP contribution in [0.15, 0.2) is 0 Å². The van der Waals surface area contributed by atoms with E-state index in [1.165, 1.54) is 0 Å². The van der Waals surface area contributed by atoms with Crippen molar-refractivity contribution in [2.75, 3.05) is 33.7 Å². The van der Waals surface area contributed by atoms with Gasteiger partial charge < -0.3 is 10.6 Å². The minimum absolute atomic E-state index is 0.263. The second-order valence-electron chi connectivity index (χ2n) is 3.68. The molecule has 1 rings (SSSR count). The predicted molar refractivity (Wildman–Crippen MR) is 47.9 cm³/mol. The highest BCUT2D eigenvalue weighted by atomic mass is 19.1. The number of hydrogen-bond donors (Lipinski definition) is 2. The van der Waals surface area contributed by atoms with Crippen molar-refractivity contribution in [3.8, 4) is 0 Å². The minimum Gasteiger partial charge on any atom is -0.317 e. The Bertz CT molecular complexity index is 141. The van der Waals surface area contributed by atoms with Gasteiger partial charge in [0.25, 0.3) is 0 Å². The lowest BCUT2D eigenvalue weighted by atomic mass is 9.98. The molecule has 1 aliphatic rings. The van der Waals surface area contributed by atoms with Crippen LogP contribution in [0.1, 0.15) is 6.92 Å². The number of nitrogens with one attached hydrogen (secondary N) is 2. The van der Waals surface area contributed by atoms with E-state index in [9.17, 15) is 4.39 Å². The first-order chi connectivity index (χ1) is 5.59. The van der Waals surface area contributed by atoms with Crippen LogP contribution < -0.4 is 10.6 Å². The van der Waals surface area contributed by atoms with Crippen molar-refractivity contribution in [3.05, 3.63) is 0 Å². The van der Waals surface area contributed by atoms with Crippen molar-refractivity contribution in [2.45, 2.75) is 18.8 Å². The first kappa shape index (κ1) is 9.89. The van der Waals surface area contributed by atoms with Gasteiger partial charge in [0.2, 0.25) is 0 Å². The molecule has 0 aromatic rings. The zero-order chi connectivity index (χ0) is 9.19. The molecule has 0 aromatic heterocycles. The van der Waals surface area contributed by atoms with Gasteiger partial charge in [-0.2, -0.15) is 0 Å². The van der Waals surface area contributed by atoms with Crippen LogP contribution in [0.25, 0.3) is 0 Å². The Kier molecular flexibility index (Phi) is 3.04. The smallest absolute Gasteiger partial charge is 0.133 e. The molecule has 0 aliphatic carbocycles. The minimum atomic E-state index is -0.969. The van der Waals surface area contributed by atoms with E-state index in [1.54, 1.807) is 6.92 Å². The SMILES string of the molecule is CNCC(NC)N1CC(C)(F)C1. The topological polar surface area (TPSA) is 27.3 Å². The van der Waals surface area contributed by atoms with Crippen LogP contribution in [0, 0.1) is 0 Å². The fraction of sp³-hybridized carbons (Fsp3) is 1.00. The van der Waals surface area contributed by atoms with E-state index in [0.29, 0.717) is 13.1 Å². The molecule has 1 unspecified atom stereocenters. The van der Waals surface area contributed by atoms with Crippen LogP contribution in [0.4, 0.5) is 4.39 Å². The standard InChI is InChI=1S/C8H18FN3/c1-8(9)5-12(6-8)7(11-3)4-10-2/h7,10-11H,4-6H2,1-3H3. The molecule has 0 bridgehead atoms. The van der Waals surface area contributed by atoms with E-state index in [1.807, 2.05) is 14.1 Å². The Labute approximate surface area is 73.3 Å². The van der Waals surface area contributed by atoms with Crippen molar-refractivity contribution in [1.29, 1.82) is 0 Å². The second-order valence-corrected chi connectivity index (χ2v) is 3.68. The Morgan fingerprint density at radius 3 is 2.42 bits per heavy atom.